The molecular formula is C14H23NO3S. The highest BCUT2D eigenvalue weighted by Crippen LogP contribution is 2.20. The summed E-state index contributed by atoms with van der Waals surface area (Å²) in [7, 11) is -1.88. The van der Waals surface area contributed by atoms with E-state index in [4.69, 9.17) is 4.74 Å². The van der Waals surface area contributed by atoms with Crippen LogP contribution < -0.4 is 0 Å². The number of hydrogen-bond acceptors (Lipinski definition) is 3. The van der Waals surface area contributed by atoms with Crippen molar-refractivity contribution in [3.63, 3.8) is 0 Å². The second-order valence-electron chi connectivity index (χ2n) is 4.76. The van der Waals surface area contributed by atoms with Crippen molar-refractivity contribution in [3.8, 4) is 0 Å². The van der Waals surface area contributed by atoms with Crippen LogP contribution >= 0.6 is 0 Å². The van der Waals surface area contributed by atoms with E-state index in [1.807, 2.05) is 33.8 Å². The first-order chi connectivity index (χ1) is 8.84. The molecule has 0 spiro atoms. The fourth-order valence-corrected chi connectivity index (χ4v) is 3.76. The molecule has 0 heterocycles. The number of likely N-dealkylation sites (N-methyl/N-ethyl adjacent to an activating group) is 1. The lowest BCUT2D eigenvalue weighted by Crippen LogP contribution is -2.40. The molecule has 108 valence electrons. The van der Waals surface area contributed by atoms with Gasteiger partial charge in [0.05, 0.1) is 11.5 Å². The quantitative estimate of drug-likeness (QED) is 0.806. The molecule has 0 N–H and O–H groups in total. The molecule has 0 fully saturated rings. The van der Waals surface area contributed by atoms with Gasteiger partial charge in [-0.05, 0) is 44.0 Å². The lowest BCUT2D eigenvalue weighted by Gasteiger charge is -2.26. The second kappa shape index (κ2) is 6.50. The first-order valence-electron chi connectivity index (χ1n) is 6.42. The summed E-state index contributed by atoms with van der Waals surface area (Å²) in [6, 6.07) is 5.06. The Balaban J connectivity index is 3.16. The van der Waals surface area contributed by atoms with E-state index in [1.165, 1.54) is 4.31 Å². The highest BCUT2D eigenvalue weighted by Gasteiger charge is 2.27. The molecule has 19 heavy (non-hydrogen) atoms. The molecule has 0 amide bonds. The largest absolute Gasteiger partial charge is 0.383 e. The van der Waals surface area contributed by atoms with Gasteiger partial charge < -0.3 is 4.74 Å². The third-order valence-corrected chi connectivity index (χ3v) is 5.38. The summed E-state index contributed by atoms with van der Waals surface area (Å²) in [5, 5.41) is 0. The first-order valence-corrected chi connectivity index (χ1v) is 7.86. The number of methoxy groups -OCH3 is 1. The average molecular weight is 285 g/mol. The number of ether oxygens (including phenoxy) is 1. The van der Waals surface area contributed by atoms with Crippen LogP contribution in [0.4, 0.5) is 0 Å². The summed E-state index contributed by atoms with van der Waals surface area (Å²) in [6.45, 7) is 8.40. The van der Waals surface area contributed by atoms with Crippen LogP contribution in [0, 0.1) is 13.8 Å². The van der Waals surface area contributed by atoms with Gasteiger partial charge in [-0.1, -0.05) is 13.0 Å². The predicted octanol–water partition coefficient (Wildman–Crippen LogP) is 2.35. The van der Waals surface area contributed by atoms with Gasteiger partial charge in [0.1, 0.15) is 0 Å². The van der Waals surface area contributed by atoms with Crippen molar-refractivity contribution >= 4 is 10.0 Å². The third-order valence-electron chi connectivity index (χ3n) is 3.30. The van der Waals surface area contributed by atoms with Gasteiger partial charge in [-0.2, -0.15) is 4.31 Å². The van der Waals surface area contributed by atoms with E-state index < -0.39 is 10.0 Å². The fraction of sp³-hybridized carbons (Fsp3) is 0.571. The molecule has 1 rings (SSSR count). The Bertz CT molecular complexity index is 525. The zero-order valence-corrected chi connectivity index (χ0v) is 13.1. The average Bonchev–Trinajstić information content (AvgIpc) is 2.33. The standard InChI is InChI=1S/C14H23NO3S/c1-6-15(13(4)10-18-5)19(16,17)14-8-7-11(2)12(3)9-14/h7-9,13H,6,10H2,1-5H3/t13-/m1/s1. The Morgan fingerprint density at radius 2 is 1.89 bits per heavy atom. The summed E-state index contributed by atoms with van der Waals surface area (Å²) in [4.78, 5) is 0.348. The number of nitrogens with zero attached hydrogens (tertiary/aromatic N) is 1. The number of sulfonamides is 1. The maximum Gasteiger partial charge on any atom is 0.243 e. The third kappa shape index (κ3) is 3.55. The van der Waals surface area contributed by atoms with Gasteiger partial charge in [0.15, 0.2) is 0 Å². The molecule has 0 aliphatic rings. The van der Waals surface area contributed by atoms with Gasteiger partial charge in [-0.25, -0.2) is 8.42 Å². The molecule has 5 heteroatoms. The molecule has 4 nitrogen and oxygen atoms in total. The van der Waals surface area contributed by atoms with Crippen LogP contribution in [0.1, 0.15) is 25.0 Å². The SMILES string of the molecule is CCN([C@H](C)COC)S(=O)(=O)c1ccc(C)c(C)c1. The molecule has 0 unspecified atom stereocenters. The van der Waals surface area contributed by atoms with Crippen molar-refractivity contribution in [1.82, 2.24) is 4.31 Å². The number of benzene rings is 1. The molecule has 1 aromatic rings. The molecule has 0 saturated carbocycles. The van der Waals surface area contributed by atoms with Crippen molar-refractivity contribution in [2.75, 3.05) is 20.3 Å². The zero-order chi connectivity index (χ0) is 14.6. The maximum absolute atomic E-state index is 12.6. The highest BCUT2D eigenvalue weighted by molar-refractivity contribution is 7.89. The number of hydrogen-bond donors (Lipinski definition) is 0. The Morgan fingerprint density at radius 3 is 2.37 bits per heavy atom. The lowest BCUT2D eigenvalue weighted by atomic mass is 10.1. The molecule has 1 atom stereocenters. The van der Waals surface area contributed by atoms with E-state index in [-0.39, 0.29) is 6.04 Å². The minimum Gasteiger partial charge on any atom is -0.383 e. The van der Waals surface area contributed by atoms with Crippen molar-refractivity contribution in [1.29, 1.82) is 0 Å². The topological polar surface area (TPSA) is 46.6 Å². The summed E-state index contributed by atoms with van der Waals surface area (Å²) >= 11 is 0. The van der Waals surface area contributed by atoms with Crippen molar-refractivity contribution in [2.24, 2.45) is 0 Å². The minimum atomic E-state index is -3.46. The Kier molecular flexibility index (Phi) is 5.52. The molecule has 0 aromatic heterocycles. The van der Waals surface area contributed by atoms with Crippen molar-refractivity contribution < 1.29 is 13.2 Å². The number of aryl methyl sites for hydroxylation is 2. The second-order valence-corrected chi connectivity index (χ2v) is 6.65. The maximum atomic E-state index is 12.6. The smallest absolute Gasteiger partial charge is 0.243 e. The van der Waals surface area contributed by atoms with Gasteiger partial charge in [0, 0.05) is 19.7 Å². The normalized spacial score (nSPS) is 13.8. The van der Waals surface area contributed by atoms with E-state index in [2.05, 4.69) is 0 Å². The fourth-order valence-electron chi connectivity index (χ4n) is 2.05. The van der Waals surface area contributed by atoms with Gasteiger partial charge in [-0.15, -0.1) is 0 Å². The van der Waals surface area contributed by atoms with Crippen molar-refractivity contribution in [3.05, 3.63) is 29.3 Å². The van der Waals surface area contributed by atoms with Gasteiger partial charge in [-0.3, -0.25) is 0 Å². The van der Waals surface area contributed by atoms with Gasteiger partial charge in [0.2, 0.25) is 10.0 Å². The summed E-state index contributed by atoms with van der Waals surface area (Å²) in [5.41, 5.74) is 2.07. The molecule has 0 radical (unpaired) electrons. The minimum absolute atomic E-state index is 0.179. The Morgan fingerprint density at radius 1 is 1.26 bits per heavy atom. The molecule has 1 aromatic carbocycles. The molecule has 0 aliphatic heterocycles. The molecular weight excluding hydrogens is 262 g/mol. The van der Waals surface area contributed by atoms with Crippen LogP contribution in [-0.4, -0.2) is 39.0 Å². The zero-order valence-electron chi connectivity index (χ0n) is 12.3. The van der Waals surface area contributed by atoms with Gasteiger partial charge >= 0.3 is 0 Å². The Hall–Kier alpha value is -0.910. The van der Waals surface area contributed by atoms with Crippen LogP contribution in [-0.2, 0) is 14.8 Å². The molecule has 0 aliphatic carbocycles. The summed E-state index contributed by atoms with van der Waals surface area (Å²) in [6.07, 6.45) is 0. The van der Waals surface area contributed by atoms with E-state index in [0.717, 1.165) is 11.1 Å². The summed E-state index contributed by atoms with van der Waals surface area (Å²) < 4.78 is 31.8. The van der Waals surface area contributed by atoms with Gasteiger partial charge in [0.25, 0.3) is 0 Å². The monoisotopic (exact) mass is 285 g/mol. The molecule has 0 saturated heterocycles. The van der Waals surface area contributed by atoms with E-state index >= 15 is 0 Å². The van der Waals surface area contributed by atoms with Crippen LogP contribution in [0.5, 0.6) is 0 Å². The van der Waals surface area contributed by atoms with Crippen LogP contribution in [0.15, 0.2) is 23.1 Å². The first kappa shape index (κ1) is 16.1. The van der Waals surface area contributed by atoms with E-state index in [1.54, 1.807) is 19.2 Å². The highest BCUT2D eigenvalue weighted by atomic mass is 32.2. The predicted molar refractivity (Wildman–Crippen MR) is 76.8 cm³/mol. The van der Waals surface area contributed by atoms with Crippen LogP contribution in [0.3, 0.4) is 0 Å². The van der Waals surface area contributed by atoms with E-state index in [0.29, 0.717) is 18.0 Å². The van der Waals surface area contributed by atoms with Crippen LogP contribution in [0.25, 0.3) is 0 Å². The van der Waals surface area contributed by atoms with E-state index in [9.17, 15) is 8.42 Å². The lowest BCUT2D eigenvalue weighted by molar-refractivity contribution is 0.142. The van der Waals surface area contributed by atoms with Crippen LogP contribution in [0.2, 0.25) is 0 Å². The summed E-state index contributed by atoms with van der Waals surface area (Å²) in [5.74, 6) is 0. The molecule has 0 bridgehead atoms. The number of rotatable bonds is 6. The Labute approximate surface area is 116 Å². The van der Waals surface area contributed by atoms with Crippen molar-refractivity contribution in [2.45, 2.75) is 38.6 Å².